The number of benzene rings is 5. The number of rotatable bonds is 8. The van der Waals surface area contributed by atoms with Crippen molar-refractivity contribution in [3.8, 4) is 22.6 Å². The minimum atomic E-state index is -1.61. The van der Waals surface area contributed by atoms with Crippen LogP contribution in [-0.4, -0.2) is 11.7 Å². The van der Waals surface area contributed by atoms with E-state index in [1.54, 1.807) is 32.9 Å². The Balaban J connectivity index is 1.31. The van der Waals surface area contributed by atoms with E-state index in [1.807, 2.05) is 60.7 Å². The number of anilines is 2. The number of halogens is 4. The maximum atomic E-state index is 14.9. The third-order valence-corrected chi connectivity index (χ3v) is 7.13. The summed E-state index contributed by atoms with van der Waals surface area (Å²) in [6.45, 7) is 5.40. The van der Waals surface area contributed by atoms with Gasteiger partial charge in [-0.05, 0) is 110 Å². The Hall–Kier alpha value is -5.31. The van der Waals surface area contributed by atoms with Crippen LogP contribution in [0.3, 0.4) is 0 Å². The maximum absolute atomic E-state index is 14.9. The van der Waals surface area contributed by atoms with E-state index in [2.05, 4.69) is 5.32 Å². The van der Waals surface area contributed by atoms with Gasteiger partial charge in [-0.3, -0.25) is 5.32 Å². The Bertz CT molecular complexity index is 1810. The average molecular weight is 629 g/mol. The van der Waals surface area contributed by atoms with Crippen LogP contribution in [0.2, 0.25) is 0 Å². The molecule has 0 saturated carbocycles. The largest absolute Gasteiger partial charge is 0.457 e. The van der Waals surface area contributed by atoms with Crippen molar-refractivity contribution in [1.82, 2.24) is 0 Å². The molecule has 0 bridgehead atoms. The van der Waals surface area contributed by atoms with Crippen LogP contribution in [0, 0.1) is 23.3 Å². The Morgan fingerprint density at radius 1 is 0.739 bits per heavy atom. The summed E-state index contributed by atoms with van der Waals surface area (Å²) in [7, 11) is 0. The lowest BCUT2D eigenvalue weighted by Gasteiger charge is -2.21. The molecule has 1 unspecified atom stereocenters. The highest BCUT2D eigenvalue weighted by Crippen LogP contribution is 2.33. The highest BCUT2D eigenvalue weighted by atomic mass is 19.2. The Morgan fingerprint density at radius 3 is 1.87 bits per heavy atom. The summed E-state index contributed by atoms with van der Waals surface area (Å²) < 4.78 is 66.7. The van der Waals surface area contributed by atoms with E-state index in [0.717, 1.165) is 34.9 Å². The van der Waals surface area contributed by atoms with E-state index in [1.165, 1.54) is 12.1 Å². The summed E-state index contributed by atoms with van der Waals surface area (Å²) in [5.74, 6) is -4.60. The molecule has 0 aromatic heterocycles. The molecule has 5 rings (SSSR count). The molecule has 5 aromatic rings. The summed E-state index contributed by atoms with van der Waals surface area (Å²) in [6, 6.07) is 27.9. The maximum Gasteiger partial charge on any atom is 0.412 e. The molecule has 0 saturated heterocycles. The molecule has 0 spiro atoms. The number of amides is 1. The molecule has 1 atom stereocenters. The number of hydrogen-bond donors (Lipinski definition) is 2. The Labute approximate surface area is 264 Å². The third kappa shape index (κ3) is 8.04. The van der Waals surface area contributed by atoms with Crippen molar-refractivity contribution < 1.29 is 31.8 Å². The molecule has 5 aromatic carbocycles. The second kappa shape index (κ2) is 13.4. The standard InChI is InChI=1S/C37H32F4N2O3/c1-37(2,3)46-36(44)43-27-12-8-24(9-13-27)31(23-6-10-26(42)11-7-23)18-22-4-14-28(15-5-22)45-29-16-17-30(32(38)21-29)25-19-33(39)35(41)34(40)20-25/h4-17,19-21,31H,18,42H2,1-3H3,(H,43,44). The predicted octanol–water partition coefficient (Wildman–Crippen LogP) is 10.0. The molecule has 3 N–H and O–H groups in total. The fraction of sp³-hybridized carbons (Fsp3) is 0.162. The van der Waals surface area contributed by atoms with Crippen LogP contribution in [-0.2, 0) is 11.2 Å². The molecule has 0 fully saturated rings. The highest BCUT2D eigenvalue weighted by molar-refractivity contribution is 5.84. The zero-order valence-electron chi connectivity index (χ0n) is 25.4. The van der Waals surface area contributed by atoms with Gasteiger partial charge >= 0.3 is 6.09 Å². The van der Waals surface area contributed by atoms with Crippen molar-refractivity contribution in [2.75, 3.05) is 11.1 Å². The van der Waals surface area contributed by atoms with Gasteiger partial charge in [-0.25, -0.2) is 22.4 Å². The zero-order valence-corrected chi connectivity index (χ0v) is 25.4. The molecule has 0 heterocycles. The summed E-state index contributed by atoms with van der Waals surface area (Å²) in [5.41, 5.74) is 9.45. The number of carbonyl (C=O) groups is 1. The number of carbonyl (C=O) groups excluding carboxylic acids is 1. The first-order valence-electron chi connectivity index (χ1n) is 14.5. The van der Waals surface area contributed by atoms with Crippen molar-refractivity contribution >= 4 is 17.5 Å². The first-order chi connectivity index (χ1) is 21.8. The van der Waals surface area contributed by atoms with Crippen LogP contribution < -0.4 is 15.8 Å². The first-order valence-corrected chi connectivity index (χ1v) is 14.5. The Morgan fingerprint density at radius 2 is 1.30 bits per heavy atom. The van der Waals surface area contributed by atoms with E-state index in [0.29, 0.717) is 23.5 Å². The van der Waals surface area contributed by atoms with E-state index < -0.39 is 35.0 Å². The zero-order chi connectivity index (χ0) is 33.0. The molecular formula is C37H32F4N2O3. The number of hydrogen-bond acceptors (Lipinski definition) is 4. The van der Waals surface area contributed by atoms with Crippen LogP contribution in [0.1, 0.15) is 43.4 Å². The fourth-order valence-corrected chi connectivity index (χ4v) is 4.95. The molecule has 5 nitrogen and oxygen atoms in total. The lowest BCUT2D eigenvalue weighted by molar-refractivity contribution is 0.0636. The quantitative estimate of drug-likeness (QED) is 0.102. The number of nitrogens with two attached hydrogens (primary N) is 1. The SMILES string of the molecule is CC(C)(C)OC(=O)Nc1ccc(C(Cc2ccc(Oc3ccc(-c4cc(F)c(F)c(F)c4)c(F)c3)cc2)c2ccc(N)cc2)cc1. The van der Waals surface area contributed by atoms with Gasteiger partial charge in [0.1, 0.15) is 22.9 Å². The third-order valence-electron chi connectivity index (χ3n) is 7.13. The lowest BCUT2D eigenvalue weighted by atomic mass is 9.86. The van der Waals surface area contributed by atoms with Crippen molar-refractivity contribution in [3.05, 3.63) is 143 Å². The topological polar surface area (TPSA) is 73.6 Å². The monoisotopic (exact) mass is 628 g/mol. The van der Waals surface area contributed by atoms with Gasteiger partial charge in [0, 0.05) is 28.9 Å². The Kier molecular flexibility index (Phi) is 9.32. The minimum absolute atomic E-state index is 0.0364. The number of nitrogen functional groups attached to an aromatic ring is 1. The molecule has 0 aliphatic rings. The van der Waals surface area contributed by atoms with Crippen LogP contribution in [0.4, 0.5) is 33.7 Å². The second-order valence-corrected chi connectivity index (χ2v) is 11.8. The second-order valence-electron chi connectivity index (χ2n) is 11.8. The van der Waals surface area contributed by atoms with Crippen molar-refractivity contribution in [1.29, 1.82) is 0 Å². The van der Waals surface area contributed by atoms with Crippen LogP contribution >= 0.6 is 0 Å². The van der Waals surface area contributed by atoms with Crippen molar-refractivity contribution in [2.45, 2.75) is 38.7 Å². The van der Waals surface area contributed by atoms with Gasteiger partial charge in [-0.1, -0.05) is 36.4 Å². The van der Waals surface area contributed by atoms with Crippen LogP contribution in [0.25, 0.3) is 11.1 Å². The van der Waals surface area contributed by atoms with Crippen LogP contribution in [0.15, 0.2) is 103 Å². The van der Waals surface area contributed by atoms with E-state index in [9.17, 15) is 22.4 Å². The van der Waals surface area contributed by atoms with Gasteiger partial charge in [-0.2, -0.15) is 0 Å². The first kappa shape index (κ1) is 32.1. The smallest absolute Gasteiger partial charge is 0.412 e. The summed E-state index contributed by atoms with van der Waals surface area (Å²) >= 11 is 0. The fourth-order valence-electron chi connectivity index (χ4n) is 4.95. The molecule has 1 amide bonds. The van der Waals surface area contributed by atoms with Crippen molar-refractivity contribution in [3.63, 3.8) is 0 Å². The van der Waals surface area contributed by atoms with Gasteiger partial charge < -0.3 is 15.2 Å². The molecule has 0 radical (unpaired) electrons. The summed E-state index contributed by atoms with van der Waals surface area (Å²) in [5, 5.41) is 2.75. The molecule has 46 heavy (non-hydrogen) atoms. The molecular weight excluding hydrogens is 596 g/mol. The highest BCUT2D eigenvalue weighted by Gasteiger charge is 2.19. The van der Waals surface area contributed by atoms with Gasteiger partial charge in [0.2, 0.25) is 0 Å². The van der Waals surface area contributed by atoms with Gasteiger partial charge in [0.15, 0.2) is 17.5 Å². The molecule has 0 aliphatic carbocycles. The van der Waals surface area contributed by atoms with Gasteiger partial charge in [-0.15, -0.1) is 0 Å². The summed E-state index contributed by atoms with van der Waals surface area (Å²) in [6.07, 6.45) is 0.104. The van der Waals surface area contributed by atoms with E-state index in [4.69, 9.17) is 15.2 Å². The minimum Gasteiger partial charge on any atom is -0.457 e. The van der Waals surface area contributed by atoms with E-state index >= 15 is 0 Å². The summed E-state index contributed by atoms with van der Waals surface area (Å²) in [4.78, 5) is 12.2. The molecule has 9 heteroatoms. The number of nitrogens with one attached hydrogen (secondary N) is 1. The molecule has 236 valence electrons. The normalized spacial score (nSPS) is 12.0. The van der Waals surface area contributed by atoms with Crippen LogP contribution in [0.5, 0.6) is 11.5 Å². The van der Waals surface area contributed by atoms with E-state index in [-0.39, 0.29) is 22.8 Å². The van der Waals surface area contributed by atoms with Crippen molar-refractivity contribution in [2.24, 2.45) is 0 Å². The van der Waals surface area contributed by atoms with Gasteiger partial charge in [0.05, 0.1) is 0 Å². The predicted molar refractivity (Wildman–Crippen MR) is 171 cm³/mol. The molecule has 0 aliphatic heterocycles. The average Bonchev–Trinajstić information content (AvgIpc) is 2.99. The lowest BCUT2D eigenvalue weighted by Crippen LogP contribution is -2.27. The number of ether oxygens (including phenoxy) is 2. The van der Waals surface area contributed by atoms with Gasteiger partial charge in [0.25, 0.3) is 0 Å².